The minimum Gasteiger partial charge on any atom is -0.311 e. The lowest BCUT2D eigenvalue weighted by atomic mass is 9.33. The second-order valence-corrected chi connectivity index (χ2v) is 35.2. The molecule has 15 rings (SSSR count). The zero-order valence-electron chi connectivity index (χ0n) is 60.3. The first-order chi connectivity index (χ1) is 44.7. The van der Waals surface area contributed by atoms with Crippen LogP contribution in [0.25, 0.3) is 33.4 Å². The van der Waals surface area contributed by atoms with Gasteiger partial charge < -0.3 is 14.7 Å². The second-order valence-electron chi connectivity index (χ2n) is 35.2. The summed E-state index contributed by atoms with van der Waals surface area (Å²) >= 11 is 0. The van der Waals surface area contributed by atoms with Gasteiger partial charge in [-0.1, -0.05) is 259 Å². The highest BCUT2D eigenvalue weighted by molar-refractivity contribution is 7.00. The molecule has 4 heteroatoms. The van der Waals surface area contributed by atoms with E-state index in [9.17, 15) is 0 Å². The maximum atomic E-state index is 2.76. The van der Waals surface area contributed by atoms with Gasteiger partial charge in [-0.2, -0.15) is 0 Å². The van der Waals surface area contributed by atoms with Crippen molar-refractivity contribution in [1.29, 1.82) is 0 Å². The molecule has 0 saturated heterocycles. The lowest BCUT2D eigenvalue weighted by molar-refractivity contribution is 0.332. The molecule has 0 fully saturated rings. The Labute approximate surface area is 569 Å². The molecule has 0 aromatic heterocycles. The fourth-order valence-electron chi connectivity index (χ4n) is 17.4. The molecule has 2 aliphatic heterocycles. The molecule has 10 aromatic rings. The Morgan fingerprint density at radius 3 is 1.42 bits per heavy atom. The van der Waals surface area contributed by atoms with Crippen LogP contribution in [-0.2, 0) is 43.3 Å². The van der Waals surface area contributed by atoms with Crippen LogP contribution in [0.15, 0.2) is 200 Å². The molecule has 3 aliphatic carbocycles. The smallest absolute Gasteiger partial charge is 0.252 e. The largest absolute Gasteiger partial charge is 0.311 e. The molecular formula is C91H98BN3. The third-order valence-electron chi connectivity index (χ3n) is 23.4. The molecule has 0 amide bonds. The average molecular weight is 1240 g/mol. The second kappa shape index (κ2) is 21.3. The first-order valence-corrected chi connectivity index (χ1v) is 35.4. The zero-order valence-corrected chi connectivity index (χ0v) is 60.3. The molecule has 0 unspecified atom stereocenters. The van der Waals surface area contributed by atoms with Crippen LogP contribution in [0.2, 0.25) is 0 Å². The van der Waals surface area contributed by atoms with E-state index in [1.165, 1.54) is 128 Å². The Kier molecular flexibility index (Phi) is 14.1. The summed E-state index contributed by atoms with van der Waals surface area (Å²) in [6.07, 6.45) is 4.54. The molecule has 0 bridgehead atoms. The maximum absolute atomic E-state index is 2.76. The van der Waals surface area contributed by atoms with Crippen LogP contribution in [0.1, 0.15) is 207 Å². The van der Waals surface area contributed by atoms with Gasteiger partial charge in [-0.05, 0) is 231 Å². The van der Waals surface area contributed by atoms with Gasteiger partial charge in [-0.15, -0.1) is 0 Å². The summed E-state index contributed by atoms with van der Waals surface area (Å²) in [6.45, 7) is 45.7. The number of benzene rings is 10. The van der Waals surface area contributed by atoms with Crippen LogP contribution in [0.4, 0.5) is 51.2 Å². The topological polar surface area (TPSA) is 9.72 Å². The van der Waals surface area contributed by atoms with Crippen molar-refractivity contribution in [2.24, 2.45) is 0 Å². The minimum absolute atomic E-state index is 0.0207. The van der Waals surface area contributed by atoms with E-state index in [2.05, 4.69) is 346 Å². The normalized spacial score (nSPS) is 17.4. The molecule has 0 atom stereocenters. The van der Waals surface area contributed by atoms with Gasteiger partial charge in [0.05, 0.1) is 11.4 Å². The van der Waals surface area contributed by atoms with Crippen molar-refractivity contribution in [3.8, 4) is 33.4 Å². The molecule has 95 heavy (non-hydrogen) atoms. The minimum atomic E-state index is -0.208. The fraction of sp³-hybridized carbons (Fsp3) is 0.341. The van der Waals surface area contributed by atoms with Gasteiger partial charge in [-0.25, -0.2) is 0 Å². The first kappa shape index (κ1) is 62.8. The predicted molar refractivity (Wildman–Crippen MR) is 410 cm³/mol. The van der Waals surface area contributed by atoms with E-state index in [1.807, 2.05) is 0 Å². The van der Waals surface area contributed by atoms with Crippen molar-refractivity contribution in [1.82, 2.24) is 0 Å². The van der Waals surface area contributed by atoms with Gasteiger partial charge >= 0.3 is 0 Å². The fourth-order valence-corrected chi connectivity index (χ4v) is 17.4. The van der Waals surface area contributed by atoms with Crippen LogP contribution in [0.3, 0.4) is 0 Å². The number of fused-ring (bicyclic) bond motifs is 9. The van der Waals surface area contributed by atoms with Crippen LogP contribution >= 0.6 is 0 Å². The van der Waals surface area contributed by atoms with E-state index >= 15 is 0 Å². The molecule has 2 heterocycles. The standard InChI is InChI=1S/C91H98BN3/c1-84(2,3)59-33-38-62(39-34-59)93(63-40-35-60(36-41-63)85(4,5)6)65-53-80-83-81(54-65)95(77-45-37-61(86(7,8)9)51-69(77)57-26-21-20-22-27-57)78-44-32-58(66-29-25-30-68-67-28-23-24-31-70(67)91(18,19)82(66)68)50-75(78)92(83)76-55-73-74(90(16,17)49-48-89(73,14)15)56-79(76)94(80)64-42-43-71-72(52-64)88(12,13)47-46-87(71,10)11/h20-45,50-56H,46-49H2,1-19H3. The molecule has 5 aliphatic rings. The number of rotatable bonds is 7. The number of anilines is 9. The van der Waals surface area contributed by atoms with Crippen LogP contribution in [0, 0.1) is 0 Å². The van der Waals surface area contributed by atoms with Crippen LogP contribution in [-0.4, -0.2) is 6.71 Å². The summed E-state index contributed by atoms with van der Waals surface area (Å²) in [6, 6.07) is 79.6. The Bertz CT molecular complexity index is 4680. The molecule has 0 N–H and O–H groups in total. The maximum Gasteiger partial charge on any atom is 0.252 e. The van der Waals surface area contributed by atoms with Crippen molar-refractivity contribution in [3.63, 3.8) is 0 Å². The molecule has 10 aromatic carbocycles. The van der Waals surface area contributed by atoms with Gasteiger partial charge in [-0.3, -0.25) is 0 Å². The molecule has 480 valence electrons. The molecule has 3 nitrogen and oxygen atoms in total. The van der Waals surface area contributed by atoms with Crippen molar-refractivity contribution in [3.05, 3.63) is 250 Å². The van der Waals surface area contributed by atoms with E-state index in [0.29, 0.717) is 0 Å². The first-order valence-electron chi connectivity index (χ1n) is 35.4. The summed E-state index contributed by atoms with van der Waals surface area (Å²) in [5.41, 5.74) is 34.5. The van der Waals surface area contributed by atoms with Gasteiger partial charge in [0, 0.05) is 50.8 Å². The van der Waals surface area contributed by atoms with E-state index in [-0.39, 0.29) is 50.0 Å². The van der Waals surface area contributed by atoms with E-state index in [1.54, 1.807) is 0 Å². The lowest BCUT2D eigenvalue weighted by Gasteiger charge is -2.48. The zero-order chi connectivity index (χ0) is 67.1. The highest BCUT2D eigenvalue weighted by Crippen LogP contribution is 2.57. The molecule has 0 saturated carbocycles. The third kappa shape index (κ3) is 10.1. The molecular weight excluding hydrogens is 1150 g/mol. The quantitative estimate of drug-likeness (QED) is 0.147. The SMILES string of the molecule is CC(C)(C)c1ccc(N(c2ccc(C(C)(C)C)cc2)c2cc3c4c(c2)N(c2ccc(C(C)(C)C)cc2-c2ccccc2)c2ccc(-c5cccc6c5C(C)(C)c5ccccc5-6)cc2B4c2cc4c(cc2N3c2ccc3c(c2)C(C)(C)CCC3(C)C)C(C)(C)CCC4(C)C)cc1. The highest BCUT2D eigenvalue weighted by atomic mass is 15.2. The summed E-state index contributed by atoms with van der Waals surface area (Å²) in [5.74, 6) is 0. The van der Waals surface area contributed by atoms with Crippen LogP contribution < -0.4 is 31.1 Å². The average Bonchev–Trinajstić information content (AvgIpc) is 1.14. The van der Waals surface area contributed by atoms with E-state index in [0.717, 1.165) is 48.4 Å². The van der Waals surface area contributed by atoms with Gasteiger partial charge in [0.25, 0.3) is 6.71 Å². The Hall–Kier alpha value is -8.34. The molecule has 0 spiro atoms. The number of hydrogen-bond acceptors (Lipinski definition) is 3. The Morgan fingerprint density at radius 1 is 0.326 bits per heavy atom. The van der Waals surface area contributed by atoms with Crippen molar-refractivity contribution in [2.45, 2.75) is 201 Å². The highest BCUT2D eigenvalue weighted by Gasteiger charge is 2.49. The Morgan fingerprint density at radius 2 is 0.821 bits per heavy atom. The summed E-state index contributed by atoms with van der Waals surface area (Å²) in [4.78, 5) is 8.02. The summed E-state index contributed by atoms with van der Waals surface area (Å²) in [7, 11) is 0. The molecule has 0 radical (unpaired) electrons. The van der Waals surface area contributed by atoms with Gasteiger partial charge in [0.1, 0.15) is 0 Å². The van der Waals surface area contributed by atoms with Crippen LogP contribution in [0.5, 0.6) is 0 Å². The monoisotopic (exact) mass is 1240 g/mol. The van der Waals surface area contributed by atoms with E-state index < -0.39 is 0 Å². The lowest BCUT2D eigenvalue weighted by Crippen LogP contribution is -2.62. The predicted octanol–water partition coefficient (Wildman–Crippen LogP) is 23.5. The van der Waals surface area contributed by atoms with Crippen molar-refractivity contribution >= 4 is 74.3 Å². The van der Waals surface area contributed by atoms with Crippen molar-refractivity contribution in [2.75, 3.05) is 14.7 Å². The van der Waals surface area contributed by atoms with Crippen molar-refractivity contribution < 1.29 is 0 Å². The summed E-state index contributed by atoms with van der Waals surface area (Å²) < 4.78 is 0. The third-order valence-corrected chi connectivity index (χ3v) is 23.4. The number of nitrogens with zero attached hydrogens (tertiary/aromatic N) is 3. The summed E-state index contributed by atoms with van der Waals surface area (Å²) in [5, 5.41) is 0. The van der Waals surface area contributed by atoms with E-state index in [4.69, 9.17) is 0 Å². The van der Waals surface area contributed by atoms with Gasteiger partial charge in [0.15, 0.2) is 0 Å². The number of hydrogen-bond donors (Lipinski definition) is 0. The Balaban J connectivity index is 1.11. The van der Waals surface area contributed by atoms with Gasteiger partial charge in [0.2, 0.25) is 0 Å².